The van der Waals surface area contributed by atoms with E-state index in [4.69, 9.17) is 16.3 Å². The molecule has 6 heteroatoms. The molecule has 31 heavy (non-hydrogen) atoms. The van der Waals surface area contributed by atoms with Crippen LogP contribution in [-0.4, -0.2) is 12.5 Å². The Balaban J connectivity index is 1.87. The number of anilines is 1. The third kappa shape index (κ3) is 5.97. The summed E-state index contributed by atoms with van der Waals surface area (Å²) in [4.78, 5) is 12.6. The van der Waals surface area contributed by atoms with E-state index in [1.807, 2.05) is 49.4 Å². The number of hydrogen-bond donors (Lipinski definition) is 1. The quantitative estimate of drug-likeness (QED) is 0.295. The monoisotopic (exact) mass is 494 g/mol. The summed E-state index contributed by atoms with van der Waals surface area (Å²) in [5, 5.41) is 12.6. The maximum absolute atomic E-state index is 12.6. The number of rotatable bonds is 7. The number of benzene rings is 3. The summed E-state index contributed by atoms with van der Waals surface area (Å²) >= 11 is 9.67. The first kappa shape index (κ1) is 22.6. The van der Waals surface area contributed by atoms with Crippen LogP contribution in [0.4, 0.5) is 5.69 Å². The predicted molar refractivity (Wildman–Crippen MR) is 128 cm³/mol. The molecule has 3 aromatic rings. The second kappa shape index (κ2) is 10.8. The molecule has 0 heterocycles. The Kier molecular flexibility index (Phi) is 7.88. The van der Waals surface area contributed by atoms with Crippen molar-refractivity contribution in [2.45, 2.75) is 13.3 Å². The van der Waals surface area contributed by atoms with Crippen LogP contribution in [0, 0.1) is 11.3 Å². The third-order valence-electron chi connectivity index (χ3n) is 4.53. The van der Waals surface area contributed by atoms with Gasteiger partial charge in [-0.2, -0.15) is 5.26 Å². The zero-order valence-electron chi connectivity index (χ0n) is 16.9. The van der Waals surface area contributed by atoms with Crippen molar-refractivity contribution in [3.8, 4) is 11.8 Å². The molecule has 0 radical (unpaired) electrons. The number of para-hydroxylation sites is 1. The molecule has 0 fully saturated rings. The molecule has 0 unspecified atom stereocenters. The van der Waals surface area contributed by atoms with Crippen LogP contribution in [0.1, 0.15) is 23.6 Å². The van der Waals surface area contributed by atoms with E-state index >= 15 is 0 Å². The second-order valence-electron chi connectivity index (χ2n) is 6.67. The number of carbonyl (C=O) groups excluding carboxylic acids is 1. The van der Waals surface area contributed by atoms with Crippen LogP contribution in [0.5, 0.6) is 5.75 Å². The van der Waals surface area contributed by atoms with Crippen LogP contribution in [0.2, 0.25) is 5.02 Å². The van der Waals surface area contributed by atoms with Gasteiger partial charge in [0, 0.05) is 10.9 Å². The lowest BCUT2D eigenvalue weighted by atomic mass is 10.0. The van der Waals surface area contributed by atoms with Crippen molar-refractivity contribution in [1.82, 2.24) is 0 Å². The number of nitriles is 1. The minimum Gasteiger partial charge on any atom is -0.494 e. The van der Waals surface area contributed by atoms with Crippen molar-refractivity contribution in [2.75, 3.05) is 11.9 Å². The van der Waals surface area contributed by atoms with Crippen molar-refractivity contribution >= 4 is 45.2 Å². The van der Waals surface area contributed by atoms with Gasteiger partial charge in [-0.1, -0.05) is 70.0 Å². The molecular weight excluding hydrogens is 476 g/mol. The molecule has 4 nitrogen and oxygen atoms in total. The van der Waals surface area contributed by atoms with E-state index in [9.17, 15) is 10.1 Å². The van der Waals surface area contributed by atoms with E-state index in [-0.39, 0.29) is 5.57 Å². The summed E-state index contributed by atoms with van der Waals surface area (Å²) in [7, 11) is 0. The van der Waals surface area contributed by atoms with Gasteiger partial charge >= 0.3 is 0 Å². The van der Waals surface area contributed by atoms with Gasteiger partial charge in [-0.15, -0.1) is 0 Å². The molecule has 156 valence electrons. The highest BCUT2D eigenvalue weighted by molar-refractivity contribution is 9.10. The Morgan fingerprint density at radius 1 is 1.13 bits per heavy atom. The Labute approximate surface area is 195 Å². The Hall–Kier alpha value is -3.07. The number of ether oxygens (including phenoxy) is 1. The molecule has 1 N–H and O–H groups in total. The normalized spacial score (nSPS) is 11.0. The summed E-state index contributed by atoms with van der Waals surface area (Å²) in [5.41, 5.74) is 3.29. The van der Waals surface area contributed by atoms with E-state index in [0.29, 0.717) is 29.3 Å². The number of nitrogens with one attached hydrogen (secondary N) is 1. The molecule has 0 aliphatic rings. The van der Waals surface area contributed by atoms with Crippen molar-refractivity contribution in [3.63, 3.8) is 0 Å². The van der Waals surface area contributed by atoms with Gasteiger partial charge in [-0.3, -0.25) is 4.79 Å². The summed E-state index contributed by atoms with van der Waals surface area (Å²) < 4.78 is 6.86. The summed E-state index contributed by atoms with van der Waals surface area (Å²) in [6, 6.07) is 22.5. The van der Waals surface area contributed by atoms with Crippen molar-refractivity contribution in [1.29, 1.82) is 5.26 Å². The summed E-state index contributed by atoms with van der Waals surface area (Å²) in [6.45, 7) is 2.43. The van der Waals surface area contributed by atoms with Gasteiger partial charge in [0.25, 0.3) is 5.91 Å². The number of amides is 1. The van der Waals surface area contributed by atoms with Gasteiger partial charge < -0.3 is 10.1 Å². The molecule has 0 aliphatic heterocycles. The van der Waals surface area contributed by atoms with Gasteiger partial charge in [-0.05, 0) is 54.0 Å². The standard InChI is InChI=1S/C25H20BrClN2O2/c1-2-31-24-14-17(11-12-19(24)15-18-7-3-4-8-21(18)26)13-20(16-28)25(30)29-23-10-6-5-9-22(23)27/h3-14H,2,15H2,1H3,(H,29,30)/b20-13+. The topological polar surface area (TPSA) is 62.1 Å². The molecule has 0 aliphatic carbocycles. The maximum Gasteiger partial charge on any atom is 0.266 e. The smallest absolute Gasteiger partial charge is 0.266 e. The molecule has 0 atom stereocenters. The number of hydrogen-bond acceptors (Lipinski definition) is 3. The Morgan fingerprint density at radius 3 is 2.58 bits per heavy atom. The lowest BCUT2D eigenvalue weighted by molar-refractivity contribution is -0.112. The van der Waals surface area contributed by atoms with Crippen molar-refractivity contribution in [3.05, 3.63) is 98.5 Å². The first-order chi connectivity index (χ1) is 15.0. The highest BCUT2D eigenvalue weighted by atomic mass is 79.9. The zero-order chi connectivity index (χ0) is 22.2. The van der Waals surface area contributed by atoms with Crippen molar-refractivity contribution < 1.29 is 9.53 Å². The lowest BCUT2D eigenvalue weighted by Gasteiger charge is -2.12. The van der Waals surface area contributed by atoms with E-state index < -0.39 is 5.91 Å². The lowest BCUT2D eigenvalue weighted by Crippen LogP contribution is -2.13. The first-order valence-electron chi connectivity index (χ1n) is 9.68. The van der Waals surface area contributed by atoms with E-state index in [0.717, 1.165) is 21.3 Å². The van der Waals surface area contributed by atoms with E-state index in [1.165, 1.54) is 6.08 Å². The van der Waals surface area contributed by atoms with Crippen molar-refractivity contribution in [2.24, 2.45) is 0 Å². The fourth-order valence-electron chi connectivity index (χ4n) is 3.01. The Bertz CT molecular complexity index is 1170. The number of halogens is 2. The molecule has 0 saturated heterocycles. The highest BCUT2D eigenvalue weighted by Gasteiger charge is 2.13. The van der Waals surface area contributed by atoms with Gasteiger partial charge in [0.15, 0.2) is 0 Å². The molecule has 0 bridgehead atoms. The van der Waals surface area contributed by atoms with E-state index in [2.05, 4.69) is 27.3 Å². The van der Waals surface area contributed by atoms with Gasteiger partial charge in [0.2, 0.25) is 0 Å². The largest absolute Gasteiger partial charge is 0.494 e. The molecule has 3 aromatic carbocycles. The van der Waals surface area contributed by atoms with Crippen LogP contribution in [0.25, 0.3) is 6.08 Å². The average molecular weight is 496 g/mol. The minimum absolute atomic E-state index is 0.0269. The van der Waals surface area contributed by atoms with Gasteiger partial charge in [0.05, 0.1) is 17.3 Å². The molecule has 1 amide bonds. The van der Waals surface area contributed by atoms with Gasteiger partial charge in [-0.25, -0.2) is 0 Å². The average Bonchev–Trinajstić information content (AvgIpc) is 2.77. The molecule has 0 spiro atoms. The minimum atomic E-state index is -0.522. The maximum atomic E-state index is 12.6. The van der Waals surface area contributed by atoms with Crippen LogP contribution < -0.4 is 10.1 Å². The van der Waals surface area contributed by atoms with Gasteiger partial charge in [0.1, 0.15) is 17.4 Å². The summed E-state index contributed by atoms with van der Waals surface area (Å²) in [5.74, 6) is 0.196. The predicted octanol–water partition coefficient (Wildman–Crippen LogP) is 6.64. The molecule has 0 aromatic heterocycles. The molecule has 0 saturated carbocycles. The number of carbonyl (C=O) groups is 1. The van der Waals surface area contributed by atoms with Crippen LogP contribution in [0.15, 0.2) is 76.8 Å². The SMILES string of the molecule is CCOc1cc(/C=C(\C#N)C(=O)Nc2ccccc2Cl)ccc1Cc1ccccc1Br. The van der Waals surface area contributed by atoms with Crippen LogP contribution >= 0.6 is 27.5 Å². The highest BCUT2D eigenvalue weighted by Crippen LogP contribution is 2.28. The fraction of sp³-hybridized carbons (Fsp3) is 0.120. The van der Waals surface area contributed by atoms with Crippen LogP contribution in [-0.2, 0) is 11.2 Å². The second-order valence-corrected chi connectivity index (χ2v) is 7.93. The zero-order valence-corrected chi connectivity index (χ0v) is 19.2. The fourth-order valence-corrected chi connectivity index (χ4v) is 3.62. The number of nitrogens with zero attached hydrogens (tertiary/aromatic N) is 1. The third-order valence-corrected chi connectivity index (χ3v) is 5.63. The first-order valence-corrected chi connectivity index (χ1v) is 10.9. The Morgan fingerprint density at radius 2 is 1.87 bits per heavy atom. The van der Waals surface area contributed by atoms with Crippen LogP contribution in [0.3, 0.4) is 0 Å². The molecular formula is C25H20BrClN2O2. The molecule has 3 rings (SSSR count). The summed E-state index contributed by atoms with van der Waals surface area (Å²) in [6.07, 6.45) is 2.23. The van der Waals surface area contributed by atoms with E-state index in [1.54, 1.807) is 24.3 Å².